The van der Waals surface area contributed by atoms with Gasteiger partial charge in [0.05, 0.1) is 5.41 Å². The highest BCUT2D eigenvalue weighted by Gasteiger charge is 2.61. The van der Waals surface area contributed by atoms with Crippen LogP contribution < -0.4 is 5.32 Å². The first-order valence-corrected chi connectivity index (χ1v) is 6.69. The molecule has 0 aromatic carbocycles. The Balaban J connectivity index is 2.10. The number of hydrogen-bond acceptors (Lipinski definition) is 2. The first-order valence-electron chi connectivity index (χ1n) is 6.69. The van der Waals surface area contributed by atoms with Crippen molar-refractivity contribution in [2.24, 2.45) is 10.8 Å². The summed E-state index contributed by atoms with van der Waals surface area (Å²) in [5, 5.41) is 3.18. The number of likely N-dealkylation sites (tertiary alicyclic amines) is 1. The van der Waals surface area contributed by atoms with Crippen LogP contribution in [0, 0.1) is 10.8 Å². The van der Waals surface area contributed by atoms with E-state index in [0.29, 0.717) is 19.1 Å². The van der Waals surface area contributed by atoms with Crippen molar-refractivity contribution in [3.63, 3.8) is 0 Å². The largest absolute Gasteiger partial charge is 0.395 e. The summed E-state index contributed by atoms with van der Waals surface area (Å²) in [5.41, 5.74) is -2.25. The highest BCUT2D eigenvalue weighted by Crippen LogP contribution is 2.57. The highest BCUT2D eigenvalue weighted by molar-refractivity contribution is 5.01. The third kappa shape index (κ3) is 2.16. The van der Waals surface area contributed by atoms with Crippen LogP contribution in [0.4, 0.5) is 13.2 Å². The number of nitrogens with one attached hydrogen (secondary N) is 1. The normalized spacial score (nSPS) is 27.0. The Morgan fingerprint density at radius 1 is 1.06 bits per heavy atom. The van der Waals surface area contributed by atoms with Gasteiger partial charge in [-0.05, 0) is 31.3 Å². The molecule has 5 heteroatoms. The predicted molar refractivity (Wildman–Crippen MR) is 65.4 cm³/mol. The molecule has 1 N–H and O–H groups in total. The van der Waals surface area contributed by atoms with Gasteiger partial charge in [0.15, 0.2) is 0 Å². The van der Waals surface area contributed by atoms with Crippen molar-refractivity contribution < 1.29 is 13.2 Å². The lowest BCUT2D eigenvalue weighted by Gasteiger charge is -2.52. The van der Waals surface area contributed by atoms with E-state index in [1.165, 1.54) is 0 Å². The van der Waals surface area contributed by atoms with Crippen LogP contribution in [0.25, 0.3) is 0 Å². The molecule has 0 spiro atoms. The Bertz CT molecular complexity index is 278. The molecule has 0 aromatic heterocycles. The van der Waals surface area contributed by atoms with Gasteiger partial charge in [0.25, 0.3) is 0 Å². The Morgan fingerprint density at radius 3 is 1.83 bits per heavy atom. The van der Waals surface area contributed by atoms with E-state index in [1.54, 1.807) is 20.8 Å². The SMILES string of the molecule is CC(C)(C)C1(C(F)(F)F)CCN(C2CNC2)CC1. The van der Waals surface area contributed by atoms with Gasteiger partial charge in [0.1, 0.15) is 0 Å². The molecule has 0 saturated carbocycles. The summed E-state index contributed by atoms with van der Waals surface area (Å²) in [5.74, 6) is 0. The van der Waals surface area contributed by atoms with Crippen molar-refractivity contribution in [3.8, 4) is 0 Å². The van der Waals surface area contributed by atoms with Crippen LogP contribution in [-0.4, -0.2) is 43.3 Å². The fourth-order valence-corrected chi connectivity index (χ4v) is 3.26. The lowest BCUT2D eigenvalue weighted by molar-refractivity contribution is -0.273. The standard InChI is InChI=1S/C13H23F3N2/c1-11(2,3)12(13(14,15)16)4-6-18(7-5-12)10-8-17-9-10/h10,17H,4-9H2,1-3H3. The molecule has 0 bridgehead atoms. The predicted octanol–water partition coefficient (Wildman–Crippen LogP) is 2.65. The van der Waals surface area contributed by atoms with E-state index in [-0.39, 0.29) is 12.8 Å². The van der Waals surface area contributed by atoms with Gasteiger partial charge in [-0.25, -0.2) is 0 Å². The molecule has 0 aliphatic carbocycles. The van der Waals surface area contributed by atoms with Crippen LogP contribution >= 0.6 is 0 Å². The van der Waals surface area contributed by atoms with Gasteiger partial charge in [-0.3, -0.25) is 4.90 Å². The van der Waals surface area contributed by atoms with Gasteiger partial charge in [-0.1, -0.05) is 20.8 Å². The third-order valence-electron chi connectivity index (χ3n) is 4.91. The Morgan fingerprint density at radius 2 is 1.56 bits per heavy atom. The van der Waals surface area contributed by atoms with Crippen LogP contribution in [0.2, 0.25) is 0 Å². The van der Waals surface area contributed by atoms with Gasteiger partial charge in [0.2, 0.25) is 0 Å². The minimum Gasteiger partial charge on any atom is -0.314 e. The molecular formula is C13H23F3N2. The maximum atomic E-state index is 13.5. The van der Waals surface area contributed by atoms with E-state index in [9.17, 15) is 13.2 Å². The van der Waals surface area contributed by atoms with E-state index < -0.39 is 17.0 Å². The van der Waals surface area contributed by atoms with Gasteiger partial charge >= 0.3 is 6.18 Å². The minimum absolute atomic E-state index is 0.233. The molecule has 2 heterocycles. The lowest BCUT2D eigenvalue weighted by Crippen LogP contribution is -2.62. The van der Waals surface area contributed by atoms with E-state index in [0.717, 1.165) is 13.1 Å². The highest BCUT2D eigenvalue weighted by atomic mass is 19.4. The quantitative estimate of drug-likeness (QED) is 0.783. The summed E-state index contributed by atoms with van der Waals surface area (Å²) in [6.45, 7) is 8.17. The molecule has 2 aliphatic heterocycles. The first kappa shape index (κ1) is 14.1. The molecule has 2 fully saturated rings. The van der Waals surface area contributed by atoms with Gasteiger partial charge in [0, 0.05) is 19.1 Å². The van der Waals surface area contributed by atoms with Crippen molar-refractivity contribution >= 4 is 0 Å². The summed E-state index contributed by atoms with van der Waals surface area (Å²) < 4.78 is 40.5. The monoisotopic (exact) mass is 264 g/mol. The molecule has 2 saturated heterocycles. The fraction of sp³-hybridized carbons (Fsp3) is 1.00. The van der Waals surface area contributed by atoms with Crippen LogP contribution in [0.15, 0.2) is 0 Å². The number of piperidine rings is 1. The molecule has 2 aliphatic rings. The topological polar surface area (TPSA) is 15.3 Å². The summed E-state index contributed by atoms with van der Waals surface area (Å²) in [6.07, 6.45) is -3.64. The second kappa shape index (κ2) is 4.37. The molecule has 0 amide bonds. The number of alkyl halides is 3. The van der Waals surface area contributed by atoms with Crippen LogP contribution in [0.5, 0.6) is 0 Å². The van der Waals surface area contributed by atoms with Crippen molar-refractivity contribution in [3.05, 3.63) is 0 Å². The number of hydrogen-bond donors (Lipinski definition) is 1. The smallest absolute Gasteiger partial charge is 0.314 e. The zero-order valence-electron chi connectivity index (χ0n) is 11.4. The van der Waals surface area contributed by atoms with E-state index >= 15 is 0 Å². The number of halogens is 3. The number of rotatable bonds is 1. The van der Waals surface area contributed by atoms with Gasteiger partial charge < -0.3 is 5.32 Å². The molecule has 106 valence electrons. The summed E-state index contributed by atoms with van der Waals surface area (Å²) >= 11 is 0. The first-order chi connectivity index (χ1) is 8.17. The Hall–Kier alpha value is -0.290. The maximum Gasteiger partial charge on any atom is 0.395 e. The molecule has 18 heavy (non-hydrogen) atoms. The van der Waals surface area contributed by atoms with Crippen LogP contribution in [0.3, 0.4) is 0 Å². The summed E-state index contributed by atoms with van der Waals surface area (Å²) in [7, 11) is 0. The van der Waals surface area contributed by atoms with E-state index in [4.69, 9.17) is 0 Å². The average molecular weight is 264 g/mol. The second-order valence-corrected chi connectivity index (χ2v) is 6.68. The van der Waals surface area contributed by atoms with Gasteiger partial charge in [-0.15, -0.1) is 0 Å². The van der Waals surface area contributed by atoms with E-state index in [1.807, 2.05) is 0 Å². The molecule has 2 rings (SSSR count). The molecule has 0 unspecified atom stereocenters. The molecule has 2 nitrogen and oxygen atoms in total. The molecule has 0 atom stereocenters. The molecule has 0 radical (unpaired) electrons. The van der Waals surface area contributed by atoms with Crippen molar-refractivity contribution in [2.75, 3.05) is 26.2 Å². The molecule has 0 aromatic rings. The number of nitrogens with zero attached hydrogens (tertiary/aromatic N) is 1. The zero-order valence-corrected chi connectivity index (χ0v) is 11.4. The summed E-state index contributed by atoms with van der Waals surface area (Å²) in [6, 6.07) is 0.455. The lowest BCUT2D eigenvalue weighted by atomic mass is 9.60. The van der Waals surface area contributed by atoms with Crippen LogP contribution in [0.1, 0.15) is 33.6 Å². The summed E-state index contributed by atoms with van der Waals surface area (Å²) in [4.78, 5) is 2.21. The average Bonchev–Trinajstić information content (AvgIpc) is 2.12. The van der Waals surface area contributed by atoms with Gasteiger partial charge in [-0.2, -0.15) is 13.2 Å². The van der Waals surface area contributed by atoms with Crippen LogP contribution in [-0.2, 0) is 0 Å². The van der Waals surface area contributed by atoms with Crippen molar-refractivity contribution in [2.45, 2.75) is 45.8 Å². The van der Waals surface area contributed by atoms with E-state index in [2.05, 4.69) is 10.2 Å². The third-order valence-corrected chi connectivity index (χ3v) is 4.91. The molecular weight excluding hydrogens is 241 g/mol. The van der Waals surface area contributed by atoms with Crippen molar-refractivity contribution in [1.29, 1.82) is 0 Å². The van der Waals surface area contributed by atoms with Crippen molar-refractivity contribution in [1.82, 2.24) is 10.2 Å². The minimum atomic E-state index is -4.10. The Kier molecular flexibility index (Phi) is 3.43. The Labute approximate surface area is 107 Å². The second-order valence-electron chi connectivity index (χ2n) is 6.68. The maximum absolute atomic E-state index is 13.5. The fourth-order valence-electron chi connectivity index (χ4n) is 3.26. The zero-order chi connectivity index (χ0) is 13.6.